The summed E-state index contributed by atoms with van der Waals surface area (Å²) in [7, 11) is 0. The van der Waals surface area contributed by atoms with Crippen molar-refractivity contribution in [1.29, 1.82) is 0 Å². The third-order valence-electron chi connectivity index (χ3n) is 7.37. The average Bonchev–Trinajstić information content (AvgIpc) is 3.04. The standard InChI is InChI=1S/C20H26O5/c1-10(2)13-15(22)16(23)20(24)17-14-11(9-25-17)12(21)5-6-18(14,3)7-8-19(13,20)4/h9-10,13,15,22,24H,5-8H2,1-4H3. The minimum Gasteiger partial charge on any atom is -0.465 e. The lowest BCUT2D eigenvalue weighted by Gasteiger charge is -2.41. The monoisotopic (exact) mass is 346 g/mol. The molecule has 1 heterocycles. The molecule has 0 bridgehead atoms. The van der Waals surface area contributed by atoms with Gasteiger partial charge in [0.05, 0.1) is 5.56 Å². The van der Waals surface area contributed by atoms with Crippen molar-refractivity contribution in [2.75, 3.05) is 0 Å². The molecule has 25 heavy (non-hydrogen) atoms. The van der Waals surface area contributed by atoms with Crippen molar-refractivity contribution in [2.24, 2.45) is 17.3 Å². The van der Waals surface area contributed by atoms with Gasteiger partial charge in [-0.3, -0.25) is 9.59 Å². The molecule has 1 fully saturated rings. The first kappa shape index (κ1) is 17.0. The molecule has 1 aromatic rings. The van der Waals surface area contributed by atoms with Crippen molar-refractivity contribution in [2.45, 2.75) is 70.5 Å². The molecule has 0 aromatic carbocycles. The van der Waals surface area contributed by atoms with Crippen LogP contribution in [-0.4, -0.2) is 27.9 Å². The number of hydrogen-bond donors (Lipinski definition) is 2. The summed E-state index contributed by atoms with van der Waals surface area (Å²) in [5.41, 5.74) is -1.81. The van der Waals surface area contributed by atoms with Gasteiger partial charge in [0.1, 0.15) is 18.1 Å². The molecule has 5 unspecified atom stereocenters. The van der Waals surface area contributed by atoms with Gasteiger partial charge in [0.2, 0.25) is 5.78 Å². The third kappa shape index (κ3) is 1.76. The van der Waals surface area contributed by atoms with E-state index in [1.807, 2.05) is 20.8 Å². The van der Waals surface area contributed by atoms with Crippen LogP contribution in [0.3, 0.4) is 0 Å². The largest absolute Gasteiger partial charge is 0.465 e. The Morgan fingerprint density at radius 1 is 1.20 bits per heavy atom. The van der Waals surface area contributed by atoms with Gasteiger partial charge in [-0.05, 0) is 30.6 Å². The summed E-state index contributed by atoms with van der Waals surface area (Å²) in [6.45, 7) is 7.93. The van der Waals surface area contributed by atoms with Crippen LogP contribution in [0.15, 0.2) is 10.7 Å². The highest BCUT2D eigenvalue weighted by molar-refractivity contribution is 6.01. The van der Waals surface area contributed by atoms with Gasteiger partial charge in [0, 0.05) is 23.3 Å². The molecule has 4 rings (SSSR count). The van der Waals surface area contributed by atoms with E-state index in [4.69, 9.17) is 4.42 Å². The maximum atomic E-state index is 13.1. The number of aliphatic hydroxyl groups is 2. The number of carbonyl (C=O) groups is 2. The minimum atomic E-state index is -1.88. The summed E-state index contributed by atoms with van der Waals surface area (Å²) in [6.07, 6.45) is 2.68. The quantitative estimate of drug-likeness (QED) is 0.816. The molecule has 0 radical (unpaired) electrons. The molecular weight excluding hydrogens is 320 g/mol. The number of fused-ring (bicyclic) bond motifs is 2. The van der Waals surface area contributed by atoms with Gasteiger partial charge in [-0.1, -0.05) is 27.7 Å². The summed E-state index contributed by atoms with van der Waals surface area (Å²) in [4.78, 5) is 25.4. The van der Waals surface area contributed by atoms with Crippen LogP contribution >= 0.6 is 0 Å². The fourth-order valence-corrected chi connectivity index (χ4v) is 5.93. The van der Waals surface area contributed by atoms with E-state index in [-0.39, 0.29) is 28.8 Å². The van der Waals surface area contributed by atoms with Crippen LogP contribution in [0.2, 0.25) is 0 Å². The van der Waals surface area contributed by atoms with E-state index in [0.29, 0.717) is 30.4 Å². The van der Waals surface area contributed by atoms with E-state index < -0.39 is 22.9 Å². The lowest BCUT2D eigenvalue weighted by Crippen LogP contribution is -2.46. The lowest BCUT2D eigenvalue weighted by atomic mass is 9.64. The van der Waals surface area contributed by atoms with Crippen molar-refractivity contribution >= 4 is 11.6 Å². The number of Topliss-reactive ketones (excluding diaryl/α,β-unsaturated/α-hetero) is 2. The van der Waals surface area contributed by atoms with Crippen LogP contribution in [0.4, 0.5) is 0 Å². The summed E-state index contributed by atoms with van der Waals surface area (Å²) in [5, 5.41) is 22.3. The number of aliphatic hydroxyl groups excluding tert-OH is 1. The smallest absolute Gasteiger partial charge is 0.201 e. The molecule has 0 amide bonds. The van der Waals surface area contributed by atoms with E-state index >= 15 is 0 Å². The Morgan fingerprint density at radius 2 is 1.88 bits per heavy atom. The van der Waals surface area contributed by atoms with E-state index in [9.17, 15) is 19.8 Å². The number of hydrogen-bond acceptors (Lipinski definition) is 5. The van der Waals surface area contributed by atoms with E-state index in [2.05, 4.69) is 6.92 Å². The molecular formula is C20H26O5. The van der Waals surface area contributed by atoms with Crippen LogP contribution in [0.5, 0.6) is 0 Å². The van der Waals surface area contributed by atoms with Crippen molar-refractivity contribution in [3.8, 4) is 0 Å². The van der Waals surface area contributed by atoms with Crippen LogP contribution < -0.4 is 0 Å². The van der Waals surface area contributed by atoms with Crippen molar-refractivity contribution < 1.29 is 24.2 Å². The summed E-state index contributed by atoms with van der Waals surface area (Å²) in [6, 6.07) is 0. The molecule has 2 N–H and O–H groups in total. The van der Waals surface area contributed by atoms with E-state index in [0.717, 1.165) is 6.42 Å². The van der Waals surface area contributed by atoms with Gasteiger partial charge >= 0.3 is 0 Å². The Hall–Kier alpha value is -1.46. The molecule has 5 atom stereocenters. The molecule has 5 heteroatoms. The zero-order valence-corrected chi connectivity index (χ0v) is 15.3. The highest BCUT2D eigenvalue weighted by Crippen LogP contribution is 2.64. The van der Waals surface area contributed by atoms with E-state index in [1.165, 1.54) is 6.26 Å². The average molecular weight is 346 g/mol. The third-order valence-corrected chi connectivity index (χ3v) is 7.37. The normalized spacial score (nSPS) is 43.2. The fourth-order valence-electron chi connectivity index (χ4n) is 5.93. The van der Waals surface area contributed by atoms with Gasteiger partial charge in [-0.25, -0.2) is 0 Å². The highest BCUT2D eigenvalue weighted by atomic mass is 16.4. The maximum Gasteiger partial charge on any atom is 0.201 e. The zero-order chi connectivity index (χ0) is 18.4. The van der Waals surface area contributed by atoms with Crippen LogP contribution in [-0.2, 0) is 15.8 Å². The minimum absolute atomic E-state index is 0.00100. The summed E-state index contributed by atoms with van der Waals surface area (Å²) < 4.78 is 5.73. The Labute approximate surface area is 147 Å². The first-order valence-electron chi connectivity index (χ1n) is 9.18. The second-order valence-corrected chi connectivity index (χ2v) is 9.04. The van der Waals surface area contributed by atoms with Gasteiger partial charge in [0.15, 0.2) is 11.4 Å². The van der Waals surface area contributed by atoms with Crippen molar-refractivity contribution in [3.63, 3.8) is 0 Å². The zero-order valence-electron chi connectivity index (χ0n) is 15.3. The second-order valence-electron chi connectivity index (χ2n) is 9.04. The molecule has 3 aliphatic carbocycles. The van der Waals surface area contributed by atoms with Gasteiger partial charge < -0.3 is 14.6 Å². The Bertz CT molecular complexity index is 777. The Kier molecular flexibility index (Phi) is 3.28. The molecule has 136 valence electrons. The molecule has 0 aliphatic heterocycles. The number of ketones is 2. The first-order chi connectivity index (χ1) is 11.6. The predicted molar refractivity (Wildman–Crippen MR) is 90.2 cm³/mol. The van der Waals surface area contributed by atoms with Crippen LogP contribution in [0.1, 0.15) is 75.1 Å². The SMILES string of the molecule is CC(C)C1C(O)C(=O)C2(O)c3occ4c3C(C)(CCC4=O)CCC12C. The van der Waals surface area contributed by atoms with E-state index in [1.54, 1.807) is 0 Å². The predicted octanol–water partition coefficient (Wildman–Crippen LogP) is 2.72. The van der Waals surface area contributed by atoms with Crippen molar-refractivity contribution in [1.82, 2.24) is 0 Å². The number of carbonyl (C=O) groups excluding carboxylic acids is 2. The number of rotatable bonds is 1. The summed E-state index contributed by atoms with van der Waals surface area (Å²) in [5.74, 6) is -0.711. The molecule has 5 nitrogen and oxygen atoms in total. The van der Waals surface area contributed by atoms with Crippen LogP contribution in [0.25, 0.3) is 0 Å². The van der Waals surface area contributed by atoms with Gasteiger partial charge in [-0.15, -0.1) is 0 Å². The fraction of sp³-hybridized carbons (Fsp3) is 0.700. The molecule has 3 aliphatic rings. The molecule has 0 saturated heterocycles. The van der Waals surface area contributed by atoms with Crippen molar-refractivity contribution in [3.05, 3.63) is 23.2 Å². The summed E-state index contributed by atoms with van der Waals surface area (Å²) >= 11 is 0. The van der Waals surface area contributed by atoms with Crippen LogP contribution in [0, 0.1) is 17.3 Å². The highest BCUT2D eigenvalue weighted by Gasteiger charge is 2.71. The Balaban J connectivity index is 2.03. The first-order valence-corrected chi connectivity index (χ1v) is 9.18. The molecule has 0 spiro atoms. The Morgan fingerprint density at radius 3 is 2.52 bits per heavy atom. The topological polar surface area (TPSA) is 87.7 Å². The second kappa shape index (κ2) is 4.83. The number of furan rings is 1. The van der Waals surface area contributed by atoms with Gasteiger partial charge in [0.25, 0.3) is 0 Å². The maximum absolute atomic E-state index is 13.1. The molecule has 1 aromatic heterocycles. The molecule has 1 saturated carbocycles. The van der Waals surface area contributed by atoms with Gasteiger partial charge in [-0.2, -0.15) is 0 Å². The lowest BCUT2D eigenvalue weighted by molar-refractivity contribution is -0.152.